The zero-order valence-corrected chi connectivity index (χ0v) is 13.5. The maximum Gasteiger partial charge on any atom is 0.381 e. The van der Waals surface area contributed by atoms with Gasteiger partial charge in [-0.05, 0) is 12.1 Å². The van der Waals surface area contributed by atoms with Crippen LogP contribution < -0.4 is 4.74 Å². The van der Waals surface area contributed by atoms with E-state index in [1.807, 2.05) is 0 Å². The maximum absolute atomic E-state index is 13.2. The molecular formula is C15H11F9O4. The van der Waals surface area contributed by atoms with E-state index < -0.39 is 67.1 Å². The summed E-state index contributed by atoms with van der Waals surface area (Å²) in [6, 6.07) is 4.57. The predicted octanol–water partition coefficient (Wildman–Crippen LogP) is 4.23. The average Bonchev–Trinajstić information content (AvgIpc) is 2.59. The highest BCUT2D eigenvalue weighted by molar-refractivity contribution is 5.79. The van der Waals surface area contributed by atoms with Crippen LogP contribution in [0.15, 0.2) is 24.3 Å². The van der Waals surface area contributed by atoms with Gasteiger partial charge in [0.1, 0.15) is 0 Å². The van der Waals surface area contributed by atoms with Crippen LogP contribution in [0.25, 0.3) is 0 Å². The van der Waals surface area contributed by atoms with Crippen LogP contribution in [0.5, 0.6) is 5.75 Å². The summed E-state index contributed by atoms with van der Waals surface area (Å²) in [5.74, 6) is -23.1. The lowest BCUT2D eigenvalue weighted by Crippen LogP contribution is -2.59. The number of para-hydroxylation sites is 1. The highest BCUT2D eigenvalue weighted by Crippen LogP contribution is 2.48. The molecule has 158 valence electrons. The number of hydrogen-bond donors (Lipinski definition) is 0. The molecule has 4 nitrogen and oxygen atoms in total. The number of esters is 2. The van der Waals surface area contributed by atoms with E-state index in [2.05, 4.69) is 9.47 Å². The van der Waals surface area contributed by atoms with Crippen LogP contribution in [-0.2, 0) is 14.3 Å². The van der Waals surface area contributed by atoms with E-state index in [1.54, 1.807) is 0 Å². The monoisotopic (exact) mass is 426 g/mol. The Morgan fingerprint density at radius 1 is 0.929 bits per heavy atom. The molecule has 0 amide bonds. The minimum atomic E-state index is -6.52. The van der Waals surface area contributed by atoms with Crippen LogP contribution in [0.1, 0.15) is 12.8 Å². The van der Waals surface area contributed by atoms with Gasteiger partial charge in [0.15, 0.2) is 18.2 Å². The van der Waals surface area contributed by atoms with Crippen molar-refractivity contribution in [1.82, 2.24) is 0 Å². The number of ether oxygens (including phenoxy) is 2. The van der Waals surface area contributed by atoms with Gasteiger partial charge in [-0.15, -0.1) is 0 Å². The number of carbonyl (C=O) groups is 2. The first-order valence-corrected chi connectivity index (χ1v) is 7.25. The summed E-state index contributed by atoms with van der Waals surface area (Å²) in [5.41, 5.74) is 0. The molecule has 0 N–H and O–H groups in total. The molecule has 0 aromatic heterocycles. The van der Waals surface area contributed by atoms with E-state index >= 15 is 0 Å². The Balaban J connectivity index is 2.57. The lowest BCUT2D eigenvalue weighted by atomic mass is 10.1. The Kier molecular flexibility index (Phi) is 7.32. The van der Waals surface area contributed by atoms with E-state index in [0.29, 0.717) is 0 Å². The van der Waals surface area contributed by atoms with E-state index in [9.17, 15) is 49.1 Å². The van der Waals surface area contributed by atoms with Gasteiger partial charge in [0.25, 0.3) is 0 Å². The van der Waals surface area contributed by atoms with E-state index in [-0.39, 0.29) is 0 Å². The number of halogens is 9. The summed E-state index contributed by atoms with van der Waals surface area (Å²) in [5, 5.41) is 0. The average molecular weight is 426 g/mol. The van der Waals surface area contributed by atoms with Crippen LogP contribution in [-0.4, -0.2) is 42.7 Å². The Labute approximate surface area is 151 Å². The number of carbonyl (C=O) groups excluding carboxylic acids is 2. The third-order valence-electron chi connectivity index (χ3n) is 3.16. The Bertz CT molecular complexity index is 707. The number of rotatable bonds is 9. The van der Waals surface area contributed by atoms with E-state index in [1.165, 1.54) is 12.1 Å². The fourth-order valence-electron chi connectivity index (χ4n) is 1.62. The molecule has 13 heteroatoms. The first kappa shape index (κ1) is 23.6. The summed E-state index contributed by atoms with van der Waals surface area (Å²) >= 11 is 0. The smallest absolute Gasteiger partial charge is 0.381 e. The van der Waals surface area contributed by atoms with Crippen LogP contribution >= 0.6 is 0 Å². The molecule has 1 aromatic carbocycles. The van der Waals surface area contributed by atoms with Crippen molar-refractivity contribution in [3.05, 3.63) is 30.1 Å². The molecule has 1 aromatic rings. The molecule has 0 saturated carbocycles. The minimum Gasteiger partial charge on any atom is -0.459 e. The molecule has 0 radical (unpaired) electrons. The van der Waals surface area contributed by atoms with Crippen LogP contribution in [0.2, 0.25) is 0 Å². The van der Waals surface area contributed by atoms with Crippen molar-refractivity contribution >= 4 is 11.9 Å². The third-order valence-corrected chi connectivity index (χ3v) is 3.16. The fraction of sp³-hybridized carbons (Fsp3) is 0.467. The molecule has 0 aliphatic heterocycles. The van der Waals surface area contributed by atoms with Gasteiger partial charge in [0.2, 0.25) is 0 Å². The molecule has 0 atom stereocenters. The summed E-state index contributed by atoms with van der Waals surface area (Å²) in [4.78, 5) is 22.6. The molecule has 28 heavy (non-hydrogen) atoms. The quantitative estimate of drug-likeness (QED) is 0.337. The summed E-state index contributed by atoms with van der Waals surface area (Å²) in [6.07, 6.45) is -6.97. The van der Waals surface area contributed by atoms with Crippen molar-refractivity contribution < 1.29 is 58.6 Å². The molecule has 0 aliphatic rings. The molecule has 0 spiro atoms. The van der Waals surface area contributed by atoms with Crippen molar-refractivity contribution in [2.75, 3.05) is 6.61 Å². The summed E-state index contributed by atoms with van der Waals surface area (Å²) in [6.45, 7) is -2.64. The van der Waals surface area contributed by atoms with Gasteiger partial charge >= 0.3 is 36.1 Å². The Hall–Kier alpha value is -2.47. The zero-order chi connectivity index (χ0) is 21.8. The summed E-state index contributed by atoms with van der Waals surface area (Å²) in [7, 11) is 0. The van der Waals surface area contributed by atoms with Crippen molar-refractivity contribution in [3.63, 3.8) is 0 Å². The molecule has 0 bridgehead atoms. The van der Waals surface area contributed by atoms with Crippen molar-refractivity contribution in [2.45, 2.75) is 37.0 Å². The number of benzene rings is 1. The second-order valence-electron chi connectivity index (χ2n) is 5.27. The van der Waals surface area contributed by atoms with Crippen molar-refractivity contribution in [3.8, 4) is 5.75 Å². The van der Waals surface area contributed by atoms with Crippen molar-refractivity contribution in [1.29, 1.82) is 0 Å². The fourth-order valence-corrected chi connectivity index (χ4v) is 1.62. The van der Waals surface area contributed by atoms with Crippen molar-refractivity contribution in [2.24, 2.45) is 0 Å². The Morgan fingerprint density at radius 3 is 2.00 bits per heavy atom. The molecule has 0 unspecified atom stereocenters. The second-order valence-corrected chi connectivity index (χ2v) is 5.27. The second kappa shape index (κ2) is 8.69. The molecule has 0 heterocycles. The number of hydrogen-bond acceptors (Lipinski definition) is 4. The topological polar surface area (TPSA) is 52.6 Å². The SMILES string of the molecule is O=C(CCC(=O)Oc1ccccc1F)OCC(F)(F)C(F)(F)C(F)(F)C(F)F. The Morgan fingerprint density at radius 2 is 1.46 bits per heavy atom. The first-order chi connectivity index (χ1) is 12.7. The van der Waals surface area contributed by atoms with Crippen LogP contribution in [0.3, 0.4) is 0 Å². The normalized spacial score (nSPS) is 12.8. The molecule has 0 aliphatic carbocycles. The highest BCUT2D eigenvalue weighted by Gasteiger charge is 2.75. The lowest BCUT2D eigenvalue weighted by Gasteiger charge is -2.31. The summed E-state index contributed by atoms with van der Waals surface area (Å²) < 4.78 is 123. The molecule has 0 fully saturated rings. The van der Waals surface area contributed by atoms with Gasteiger partial charge in [-0.1, -0.05) is 12.1 Å². The zero-order valence-electron chi connectivity index (χ0n) is 13.5. The number of alkyl halides is 8. The standard InChI is InChI=1S/C15H11F9O4/c16-8-3-1-2-4-9(8)28-11(26)6-5-10(25)27-7-13(19,20)15(23,24)14(21,22)12(17)18/h1-4,12H,5-7H2. The van der Waals surface area contributed by atoms with Crippen LogP contribution in [0, 0.1) is 5.82 Å². The van der Waals surface area contributed by atoms with Gasteiger partial charge in [0, 0.05) is 0 Å². The first-order valence-electron chi connectivity index (χ1n) is 7.25. The van der Waals surface area contributed by atoms with Gasteiger partial charge in [-0.3, -0.25) is 9.59 Å². The third kappa shape index (κ3) is 5.29. The molecule has 0 saturated heterocycles. The minimum absolute atomic E-state index is 0.513. The maximum atomic E-state index is 13.2. The van der Waals surface area contributed by atoms with Gasteiger partial charge < -0.3 is 9.47 Å². The van der Waals surface area contributed by atoms with Crippen LogP contribution in [0.4, 0.5) is 39.5 Å². The largest absolute Gasteiger partial charge is 0.459 e. The predicted molar refractivity (Wildman–Crippen MR) is 73.1 cm³/mol. The van der Waals surface area contributed by atoms with Gasteiger partial charge in [0.05, 0.1) is 12.8 Å². The lowest BCUT2D eigenvalue weighted by molar-refractivity contribution is -0.344. The molecular weight excluding hydrogens is 415 g/mol. The highest BCUT2D eigenvalue weighted by atomic mass is 19.4. The van der Waals surface area contributed by atoms with E-state index in [4.69, 9.17) is 0 Å². The van der Waals surface area contributed by atoms with Gasteiger partial charge in [-0.25, -0.2) is 13.2 Å². The van der Waals surface area contributed by atoms with E-state index in [0.717, 1.165) is 12.1 Å². The molecule has 1 rings (SSSR count). The van der Waals surface area contributed by atoms with Gasteiger partial charge in [-0.2, -0.15) is 26.3 Å².